The number of thioether (sulfide) groups is 2. The Bertz CT molecular complexity index is 1750. The second-order valence-electron chi connectivity index (χ2n) is 13.5. The van der Waals surface area contributed by atoms with E-state index < -0.39 is 53.4 Å². The van der Waals surface area contributed by atoms with Gasteiger partial charge in [-0.1, -0.05) is 50.1 Å². The number of carbonyl (C=O) groups excluding carboxylic acids is 3. The number of halogens is 3. The Morgan fingerprint density at radius 1 is 0.815 bits per heavy atom. The second kappa shape index (κ2) is 20.7. The number of amides is 1. The number of methoxy groups -OCH3 is 1. The third kappa shape index (κ3) is 13.0. The fourth-order valence-electron chi connectivity index (χ4n) is 6.19. The molecule has 0 bridgehead atoms. The van der Waals surface area contributed by atoms with Gasteiger partial charge in [0, 0.05) is 59.7 Å². The molecule has 2 saturated heterocycles. The Kier molecular flexibility index (Phi) is 17.4. The summed E-state index contributed by atoms with van der Waals surface area (Å²) in [5, 5.41) is 20.7. The average molecular weight is 931 g/mol. The minimum Gasteiger partial charge on any atom is -0.481 e. The smallest absolute Gasteiger partial charge is 0.328 e. The van der Waals surface area contributed by atoms with Crippen LogP contribution in [0.15, 0.2) is 97.6 Å². The normalized spacial score (nSPS) is 21.9. The number of aliphatic carboxylic acids is 2. The number of ether oxygens (including phenoxy) is 2. The number of esters is 2. The minimum absolute atomic E-state index is 0. The van der Waals surface area contributed by atoms with E-state index in [0.717, 1.165) is 18.7 Å². The Morgan fingerprint density at radius 3 is 1.83 bits per heavy atom. The SMILES string of the molecule is COC(=O)[C@@H]1[C@@H](CC(=O)OC(C)(C)C)[C@@H](Sc2ccc(Br)cc2)CN1C(=O)c1ccccc1.Cl.O=C(O)C[C@H]1[C@@H](Sc2ccc(Br)cc2)CN[C@@H]1C(=O)O. The Labute approximate surface area is 346 Å². The highest BCUT2D eigenvalue weighted by Gasteiger charge is 2.50. The maximum Gasteiger partial charge on any atom is 0.328 e. The van der Waals surface area contributed by atoms with Crippen LogP contribution < -0.4 is 5.32 Å². The molecular formula is C38H43Br2ClN2O9S2. The molecule has 5 rings (SSSR count). The molecule has 16 heteroatoms. The third-order valence-electron chi connectivity index (χ3n) is 8.47. The van der Waals surface area contributed by atoms with Gasteiger partial charge < -0.3 is 29.9 Å². The molecule has 2 fully saturated rings. The topological polar surface area (TPSA) is 160 Å². The highest BCUT2D eigenvalue weighted by molar-refractivity contribution is 9.10. The van der Waals surface area contributed by atoms with Crippen molar-refractivity contribution in [2.24, 2.45) is 11.8 Å². The van der Waals surface area contributed by atoms with Gasteiger partial charge in [-0.05, 0) is 81.4 Å². The molecule has 0 spiro atoms. The largest absolute Gasteiger partial charge is 0.481 e. The van der Waals surface area contributed by atoms with Gasteiger partial charge in [-0.2, -0.15) is 0 Å². The summed E-state index contributed by atoms with van der Waals surface area (Å²) in [4.78, 5) is 64.6. The lowest BCUT2D eigenvalue weighted by molar-refractivity contribution is -0.157. The third-order valence-corrected chi connectivity index (χ3v) is 12.2. The van der Waals surface area contributed by atoms with Crippen LogP contribution in [-0.2, 0) is 28.7 Å². The summed E-state index contributed by atoms with van der Waals surface area (Å²) in [6.45, 7) is 6.21. The summed E-state index contributed by atoms with van der Waals surface area (Å²) < 4.78 is 12.5. The van der Waals surface area contributed by atoms with Gasteiger partial charge in [0.05, 0.1) is 20.0 Å². The van der Waals surface area contributed by atoms with Crippen molar-refractivity contribution in [1.82, 2.24) is 10.2 Å². The molecular weight excluding hydrogens is 888 g/mol. The second-order valence-corrected chi connectivity index (χ2v) is 17.9. The molecule has 0 saturated carbocycles. The van der Waals surface area contributed by atoms with E-state index in [-0.39, 0.29) is 41.7 Å². The molecule has 11 nitrogen and oxygen atoms in total. The van der Waals surface area contributed by atoms with Crippen LogP contribution in [0.3, 0.4) is 0 Å². The molecule has 3 aromatic carbocycles. The minimum atomic E-state index is -0.991. The van der Waals surface area contributed by atoms with E-state index in [1.54, 1.807) is 56.8 Å². The first-order chi connectivity index (χ1) is 25.1. The van der Waals surface area contributed by atoms with Crippen molar-refractivity contribution < 1.29 is 43.7 Å². The molecule has 1 amide bonds. The lowest BCUT2D eigenvalue weighted by Crippen LogP contribution is -2.44. The van der Waals surface area contributed by atoms with E-state index in [0.29, 0.717) is 18.7 Å². The van der Waals surface area contributed by atoms with Gasteiger partial charge in [-0.3, -0.25) is 19.2 Å². The zero-order valence-corrected chi connectivity index (χ0v) is 35.6. The van der Waals surface area contributed by atoms with Crippen molar-refractivity contribution in [2.75, 3.05) is 20.2 Å². The van der Waals surface area contributed by atoms with E-state index in [2.05, 4.69) is 37.2 Å². The molecule has 2 heterocycles. The van der Waals surface area contributed by atoms with Gasteiger partial charge in [0.15, 0.2) is 0 Å². The number of likely N-dealkylation sites (tertiary alicyclic amines) is 1. The number of hydrogen-bond acceptors (Lipinski definition) is 10. The lowest BCUT2D eigenvalue weighted by atomic mass is 9.95. The van der Waals surface area contributed by atoms with Gasteiger partial charge in [-0.25, -0.2) is 4.79 Å². The van der Waals surface area contributed by atoms with Crippen LogP contribution in [0, 0.1) is 11.8 Å². The molecule has 0 unspecified atom stereocenters. The average Bonchev–Trinajstić information content (AvgIpc) is 3.66. The van der Waals surface area contributed by atoms with Gasteiger partial charge in [0.2, 0.25) is 0 Å². The molecule has 0 aromatic heterocycles. The number of rotatable bonds is 11. The summed E-state index contributed by atoms with van der Waals surface area (Å²) in [5.74, 6) is -4.04. The van der Waals surface area contributed by atoms with Crippen LogP contribution in [0.1, 0.15) is 44.0 Å². The number of nitrogens with zero attached hydrogens (tertiary/aromatic N) is 1. The van der Waals surface area contributed by atoms with Crippen molar-refractivity contribution in [3.63, 3.8) is 0 Å². The number of hydrogen-bond donors (Lipinski definition) is 3. The maximum atomic E-state index is 13.4. The molecule has 0 aliphatic carbocycles. The van der Waals surface area contributed by atoms with Crippen molar-refractivity contribution in [1.29, 1.82) is 0 Å². The van der Waals surface area contributed by atoms with Crippen molar-refractivity contribution >= 4 is 97.6 Å². The van der Waals surface area contributed by atoms with Crippen LogP contribution in [-0.4, -0.2) is 93.3 Å². The fraction of sp³-hybridized carbons (Fsp3) is 0.395. The summed E-state index contributed by atoms with van der Waals surface area (Å²) in [6.07, 6.45) is -0.137. The van der Waals surface area contributed by atoms with Gasteiger partial charge in [0.1, 0.15) is 17.7 Å². The van der Waals surface area contributed by atoms with Crippen molar-refractivity contribution in [3.8, 4) is 0 Å². The van der Waals surface area contributed by atoms with E-state index in [1.807, 2.05) is 54.6 Å². The number of carboxylic acid groups (broad SMARTS) is 2. The first kappa shape index (κ1) is 45.3. The number of nitrogens with one attached hydrogen (secondary N) is 1. The number of carbonyl (C=O) groups is 5. The molecule has 3 N–H and O–H groups in total. The predicted octanol–water partition coefficient (Wildman–Crippen LogP) is 7.43. The highest BCUT2D eigenvalue weighted by Crippen LogP contribution is 2.41. The number of carboxylic acids is 2. The highest BCUT2D eigenvalue weighted by atomic mass is 79.9. The molecule has 0 radical (unpaired) electrons. The van der Waals surface area contributed by atoms with Gasteiger partial charge in [0.25, 0.3) is 5.91 Å². The van der Waals surface area contributed by atoms with E-state index in [9.17, 15) is 24.0 Å². The molecule has 3 aromatic rings. The Hall–Kier alpha value is -3.08. The lowest BCUT2D eigenvalue weighted by Gasteiger charge is -2.27. The summed E-state index contributed by atoms with van der Waals surface area (Å²) in [6, 6.07) is 22.6. The molecule has 54 heavy (non-hydrogen) atoms. The summed E-state index contributed by atoms with van der Waals surface area (Å²) >= 11 is 9.86. The molecule has 2 aliphatic heterocycles. The van der Waals surface area contributed by atoms with Crippen LogP contribution in [0.2, 0.25) is 0 Å². The monoisotopic (exact) mass is 928 g/mol. The quantitative estimate of drug-likeness (QED) is 0.164. The van der Waals surface area contributed by atoms with Gasteiger partial charge >= 0.3 is 23.9 Å². The zero-order chi connectivity index (χ0) is 38.9. The zero-order valence-electron chi connectivity index (χ0n) is 30.0. The van der Waals surface area contributed by atoms with Crippen LogP contribution in [0.4, 0.5) is 0 Å². The van der Waals surface area contributed by atoms with Gasteiger partial charge in [-0.15, -0.1) is 35.9 Å². The first-order valence-electron chi connectivity index (χ1n) is 16.7. The van der Waals surface area contributed by atoms with Crippen molar-refractivity contribution in [2.45, 2.75) is 71.6 Å². The van der Waals surface area contributed by atoms with Crippen molar-refractivity contribution in [3.05, 3.63) is 93.4 Å². The molecule has 2 aliphatic rings. The van der Waals surface area contributed by atoms with Crippen LogP contribution in [0.5, 0.6) is 0 Å². The summed E-state index contributed by atoms with van der Waals surface area (Å²) in [7, 11) is 1.30. The summed E-state index contributed by atoms with van der Waals surface area (Å²) in [5.41, 5.74) is -0.165. The van der Waals surface area contributed by atoms with E-state index >= 15 is 0 Å². The number of benzene rings is 3. The Morgan fingerprint density at radius 2 is 1.35 bits per heavy atom. The molecule has 6 atom stereocenters. The first-order valence-corrected chi connectivity index (χ1v) is 20.1. The maximum absolute atomic E-state index is 13.4. The standard InChI is InChI=1S/C25H28BrNO5S.C13H14BrNO4S.ClH/c1-25(2,3)32-21(28)14-19-20(33-18-12-10-17(26)11-13-18)15-27(22(19)24(30)31-4)23(29)16-8-6-5-7-9-16;14-7-1-3-8(4-2-7)20-10-6-15-12(13(18)19)9(10)5-11(16)17;/h5-13,19-20,22H,14-15H2,1-4H3;1-4,9-10,12,15H,5-6H2,(H,16,17)(H,18,19);1H/t19-,20-,22-;9-,10-,12-;/m00./s1. The van der Waals surface area contributed by atoms with Crippen LogP contribution in [0.25, 0.3) is 0 Å². The van der Waals surface area contributed by atoms with Crippen LogP contribution >= 0.6 is 67.8 Å². The molecule has 292 valence electrons. The fourth-order valence-corrected chi connectivity index (χ4v) is 9.26. The Balaban J connectivity index is 0.000000320. The van der Waals surface area contributed by atoms with E-state index in [4.69, 9.17) is 19.7 Å². The van der Waals surface area contributed by atoms with E-state index in [1.165, 1.54) is 23.8 Å². The predicted molar refractivity (Wildman–Crippen MR) is 217 cm³/mol.